The van der Waals surface area contributed by atoms with Gasteiger partial charge in [-0.25, -0.2) is 0 Å². The summed E-state index contributed by atoms with van der Waals surface area (Å²) in [6.07, 6.45) is 2.78. The van der Waals surface area contributed by atoms with Gasteiger partial charge in [0.1, 0.15) is 0 Å². The van der Waals surface area contributed by atoms with Crippen LogP contribution >= 0.6 is 15.9 Å². The van der Waals surface area contributed by atoms with Crippen LogP contribution in [0, 0.1) is 5.92 Å². The number of nitrogens with one attached hydrogen (secondary N) is 1. The average Bonchev–Trinajstić information content (AvgIpc) is 3.14. The molecule has 1 aliphatic rings. The molecular weight excluding hydrogens is 276 g/mol. The molecule has 1 aliphatic carbocycles. The van der Waals surface area contributed by atoms with Gasteiger partial charge < -0.3 is 10.2 Å². The van der Waals surface area contributed by atoms with Gasteiger partial charge in [-0.15, -0.1) is 0 Å². The van der Waals surface area contributed by atoms with Crippen LogP contribution in [-0.4, -0.2) is 20.1 Å². The van der Waals surface area contributed by atoms with Gasteiger partial charge in [0.15, 0.2) is 0 Å². The lowest BCUT2D eigenvalue weighted by molar-refractivity contribution is 0.606. The summed E-state index contributed by atoms with van der Waals surface area (Å²) in [7, 11) is 4.21. The van der Waals surface area contributed by atoms with Crippen LogP contribution in [0.5, 0.6) is 0 Å². The lowest BCUT2D eigenvalue weighted by Gasteiger charge is -2.29. The van der Waals surface area contributed by atoms with Crippen LogP contribution in [0.3, 0.4) is 0 Å². The molecule has 17 heavy (non-hydrogen) atoms. The Morgan fingerprint density at radius 3 is 2.76 bits per heavy atom. The maximum absolute atomic E-state index is 3.57. The van der Waals surface area contributed by atoms with Gasteiger partial charge in [0.25, 0.3) is 0 Å². The molecule has 0 aliphatic heterocycles. The van der Waals surface area contributed by atoms with Crippen LogP contribution < -0.4 is 10.2 Å². The molecule has 1 aromatic rings. The molecule has 0 radical (unpaired) electrons. The van der Waals surface area contributed by atoms with Crippen molar-refractivity contribution in [1.29, 1.82) is 0 Å². The molecule has 0 heterocycles. The first-order valence-corrected chi connectivity index (χ1v) is 7.08. The number of nitrogens with zero attached hydrogens (tertiary/aromatic N) is 1. The minimum Gasteiger partial charge on any atom is -0.371 e. The van der Waals surface area contributed by atoms with Crippen LogP contribution in [0.2, 0.25) is 0 Å². The minimum atomic E-state index is 0.639. The van der Waals surface area contributed by atoms with E-state index in [0.717, 1.165) is 16.9 Å². The Balaban J connectivity index is 2.24. The number of benzene rings is 1. The monoisotopic (exact) mass is 296 g/mol. The predicted molar refractivity (Wildman–Crippen MR) is 77.5 cm³/mol. The number of halogens is 1. The van der Waals surface area contributed by atoms with Gasteiger partial charge in [0.2, 0.25) is 0 Å². The molecule has 1 fully saturated rings. The number of rotatable bonds is 5. The zero-order valence-electron chi connectivity index (χ0n) is 10.8. The average molecular weight is 297 g/mol. The number of anilines is 1. The van der Waals surface area contributed by atoms with Gasteiger partial charge in [-0.05, 0) is 50.4 Å². The van der Waals surface area contributed by atoms with E-state index in [1.165, 1.54) is 24.1 Å². The van der Waals surface area contributed by atoms with Crippen molar-refractivity contribution in [1.82, 2.24) is 5.32 Å². The molecule has 1 aromatic carbocycles. The Bertz CT molecular complexity index is 388. The molecule has 0 spiro atoms. The second kappa shape index (κ2) is 5.40. The third-order valence-electron chi connectivity index (χ3n) is 3.71. The molecule has 2 rings (SSSR count). The normalized spacial score (nSPS) is 16.9. The molecule has 94 valence electrons. The summed E-state index contributed by atoms with van der Waals surface area (Å²) in [6.45, 7) is 3.26. The highest BCUT2D eigenvalue weighted by Gasteiger charge is 2.31. The van der Waals surface area contributed by atoms with Gasteiger partial charge in [-0.1, -0.05) is 22.0 Å². The molecule has 0 amide bonds. The molecule has 3 heteroatoms. The largest absolute Gasteiger partial charge is 0.371 e. The quantitative estimate of drug-likeness (QED) is 0.896. The van der Waals surface area contributed by atoms with Crippen molar-refractivity contribution in [2.24, 2.45) is 5.92 Å². The first-order chi connectivity index (χ1) is 8.13. The maximum atomic E-state index is 3.57. The minimum absolute atomic E-state index is 0.639. The fourth-order valence-electron chi connectivity index (χ4n) is 2.32. The lowest BCUT2D eigenvalue weighted by atomic mass is 10.1. The molecule has 1 unspecified atom stereocenters. The zero-order valence-corrected chi connectivity index (χ0v) is 12.4. The van der Waals surface area contributed by atoms with E-state index in [1.807, 2.05) is 7.05 Å². The molecule has 0 bridgehead atoms. The van der Waals surface area contributed by atoms with Crippen molar-refractivity contribution in [3.63, 3.8) is 0 Å². The highest BCUT2D eigenvalue weighted by Crippen LogP contribution is 2.37. The Hall–Kier alpha value is -0.540. The van der Waals surface area contributed by atoms with E-state index >= 15 is 0 Å². The summed E-state index contributed by atoms with van der Waals surface area (Å²) in [5.74, 6) is 0.890. The van der Waals surface area contributed by atoms with E-state index in [4.69, 9.17) is 0 Å². The third-order valence-corrected chi connectivity index (χ3v) is 4.20. The molecular formula is C14H21BrN2. The van der Waals surface area contributed by atoms with Gasteiger partial charge in [-0.2, -0.15) is 0 Å². The molecule has 0 aromatic heterocycles. The highest BCUT2D eigenvalue weighted by atomic mass is 79.9. The Labute approximate surface area is 113 Å². The molecule has 1 N–H and O–H groups in total. The van der Waals surface area contributed by atoms with Crippen LogP contribution in [-0.2, 0) is 6.54 Å². The summed E-state index contributed by atoms with van der Waals surface area (Å²) in [5, 5.41) is 3.24. The van der Waals surface area contributed by atoms with Gasteiger partial charge >= 0.3 is 0 Å². The van der Waals surface area contributed by atoms with Crippen LogP contribution in [0.4, 0.5) is 5.69 Å². The van der Waals surface area contributed by atoms with Crippen molar-refractivity contribution in [2.75, 3.05) is 19.0 Å². The molecule has 1 atom stereocenters. The highest BCUT2D eigenvalue weighted by molar-refractivity contribution is 9.10. The third kappa shape index (κ3) is 3.02. The van der Waals surface area contributed by atoms with Crippen molar-refractivity contribution >= 4 is 21.6 Å². The standard InChI is InChI=1S/C14H21BrN2/c1-10(11-4-5-11)17(3)14-8-13(15)7-6-12(14)9-16-2/h6-8,10-11,16H,4-5,9H2,1-3H3. The summed E-state index contributed by atoms with van der Waals surface area (Å²) >= 11 is 3.57. The first kappa shape index (κ1) is 12.9. The van der Waals surface area contributed by atoms with E-state index in [-0.39, 0.29) is 0 Å². The Morgan fingerprint density at radius 2 is 2.18 bits per heavy atom. The van der Waals surface area contributed by atoms with Gasteiger partial charge in [0, 0.05) is 29.8 Å². The SMILES string of the molecule is CNCc1ccc(Br)cc1N(C)C(C)C1CC1. The molecule has 0 saturated heterocycles. The first-order valence-electron chi connectivity index (χ1n) is 6.29. The predicted octanol–water partition coefficient (Wildman–Crippen LogP) is 3.40. The van der Waals surface area contributed by atoms with Crippen LogP contribution in [0.25, 0.3) is 0 Å². The maximum Gasteiger partial charge on any atom is 0.0423 e. The molecule has 2 nitrogen and oxygen atoms in total. The van der Waals surface area contributed by atoms with Crippen molar-refractivity contribution in [3.8, 4) is 0 Å². The van der Waals surface area contributed by atoms with Gasteiger partial charge in [-0.3, -0.25) is 0 Å². The number of hydrogen-bond acceptors (Lipinski definition) is 2. The summed E-state index contributed by atoms with van der Waals surface area (Å²) in [4.78, 5) is 2.43. The number of hydrogen-bond donors (Lipinski definition) is 1. The second-order valence-corrected chi connectivity index (χ2v) is 5.91. The van der Waals surface area contributed by atoms with E-state index in [2.05, 4.69) is 58.3 Å². The van der Waals surface area contributed by atoms with E-state index in [9.17, 15) is 0 Å². The second-order valence-electron chi connectivity index (χ2n) is 4.99. The molecule has 1 saturated carbocycles. The zero-order chi connectivity index (χ0) is 12.4. The van der Waals surface area contributed by atoms with Crippen LogP contribution in [0.15, 0.2) is 22.7 Å². The van der Waals surface area contributed by atoms with E-state index < -0.39 is 0 Å². The van der Waals surface area contributed by atoms with E-state index in [0.29, 0.717) is 6.04 Å². The summed E-state index contributed by atoms with van der Waals surface area (Å²) < 4.78 is 1.15. The van der Waals surface area contributed by atoms with E-state index in [1.54, 1.807) is 0 Å². The van der Waals surface area contributed by atoms with Crippen LogP contribution in [0.1, 0.15) is 25.3 Å². The fraction of sp³-hybridized carbons (Fsp3) is 0.571. The van der Waals surface area contributed by atoms with Crippen molar-refractivity contribution in [2.45, 2.75) is 32.4 Å². The smallest absolute Gasteiger partial charge is 0.0423 e. The van der Waals surface area contributed by atoms with Gasteiger partial charge in [0.05, 0.1) is 0 Å². The fourth-order valence-corrected chi connectivity index (χ4v) is 2.67. The summed E-state index contributed by atoms with van der Waals surface area (Å²) in [6, 6.07) is 7.18. The van der Waals surface area contributed by atoms with Crippen molar-refractivity contribution in [3.05, 3.63) is 28.2 Å². The summed E-state index contributed by atoms with van der Waals surface area (Å²) in [5.41, 5.74) is 2.71. The Kier molecular flexibility index (Phi) is 4.10. The topological polar surface area (TPSA) is 15.3 Å². The Morgan fingerprint density at radius 1 is 1.47 bits per heavy atom. The lowest BCUT2D eigenvalue weighted by Crippen LogP contribution is -2.31. The van der Waals surface area contributed by atoms with Crippen molar-refractivity contribution < 1.29 is 0 Å².